The topological polar surface area (TPSA) is 130 Å². The second kappa shape index (κ2) is 106. The minimum atomic E-state index is 0. The second-order valence-corrected chi connectivity index (χ2v) is 36.2. The van der Waals surface area contributed by atoms with E-state index in [1.165, 1.54) is 84.0 Å². The molecule has 0 amide bonds. The number of ketones is 6. The maximum atomic E-state index is 11.0. The first kappa shape index (κ1) is 154. The fourth-order valence-corrected chi connectivity index (χ4v) is 6.88. The van der Waals surface area contributed by atoms with Gasteiger partial charge in [0.2, 0.25) is 0 Å². The predicted octanol–water partition coefficient (Wildman–Crippen LogP) is 29.6. The monoisotopic (exact) mass is 2390 g/mol. The third-order valence-corrected chi connectivity index (χ3v) is 13.4. The van der Waals surface area contributed by atoms with Crippen LogP contribution in [0.2, 0.25) is 0 Å². The van der Waals surface area contributed by atoms with Gasteiger partial charge in [0.1, 0.15) is 28.9 Å². The summed E-state index contributed by atoms with van der Waals surface area (Å²) in [6.07, 6.45) is 30.9. The molecule has 0 bridgehead atoms. The van der Waals surface area contributed by atoms with Crippen molar-refractivity contribution in [1.82, 2.24) is 0 Å². The van der Waals surface area contributed by atoms with Crippen molar-refractivity contribution < 1.29 is 148 Å². The van der Waals surface area contributed by atoms with Gasteiger partial charge in [-0.15, -0.1) is 12.8 Å². The van der Waals surface area contributed by atoms with Gasteiger partial charge in [-0.3, -0.25) is 14.4 Å². The number of rotatable bonds is 34. The largest absolute Gasteiger partial charge is 2.00 e. The number of carbonyl (C=O) groups excluding carboxylic acids is 6. The standard InChI is InChI=1S/C13H26O2.C11H22O2.C11H24O.5C7H15.C6H11O.2C5H9O.C4H7O.C4H9.5W/c1-5-12(14)8-6-10-15-11-7-9-13(2,3)4;1-10(12)6-9-13-8-5-7-11(2,3)4;1-5-6-9-12-10-7-8-11(2,3)4;5*1-5-6-7(2,3)4;1-3-5-6(7)4-2;1-3-4-5(2)6;1-3-5(6)4-2;1-3-4(2)5;1-3-4-2;;;;;/h5-11H2,1-4H3;5-9H2,1-4H3;5-10H2,1-4H3;5*1,5-6H2,2-4H3;1,3-5H2,2H3;2*1,3-4H2,2H3;1,3H2,2H3;1,3-4H2,2H3;;;;;/q;;;10*-1;5*+2. The van der Waals surface area contributed by atoms with Gasteiger partial charge in [0.15, 0.2) is 0 Å². The Bertz CT molecular complexity index is 1610. The fourth-order valence-electron chi connectivity index (χ4n) is 6.88. The zero-order valence-corrected chi connectivity index (χ0v) is 93.3. The SMILES string of the molecule is CC(=O)CCOCCCC(C)(C)C.CCC(=O)CCCOCCCC(C)(C)C.CCCCOCCCC(C)(C)C.[CH2-]CC(=O)CC.[CH2-]CC(C)=O.[CH2-]CCC.[CH2-]CCC(=O)CC.[CH2-]CCC(C)(C)C.[CH2-]CCC(C)(C)C.[CH2-]CCC(C)(C)C.[CH2-]CCC(C)(C)C.[CH2-]CCC(C)(C)C.[CH2-]CCC(C)=O.[W+2].[W+2].[W+2].[W+2].[W+2]. The molecule has 0 aliphatic rings. The van der Waals surface area contributed by atoms with Crippen LogP contribution in [-0.4, -0.2) is 74.3 Å². The van der Waals surface area contributed by atoms with E-state index in [1.807, 2.05) is 20.8 Å². The zero-order chi connectivity index (χ0) is 84.5. The van der Waals surface area contributed by atoms with Gasteiger partial charge < -0.3 is 97.8 Å². The van der Waals surface area contributed by atoms with Gasteiger partial charge in [0.25, 0.3) is 0 Å². The fraction of sp³-hybridized carbons (Fsp3) is 0.830. The first-order valence-corrected chi connectivity index (χ1v) is 40.5. The predicted molar refractivity (Wildman–Crippen MR) is 465 cm³/mol. The molecule has 0 heterocycles. The van der Waals surface area contributed by atoms with Crippen LogP contribution in [0, 0.1) is 113 Å². The van der Waals surface area contributed by atoms with Crippen LogP contribution in [0.4, 0.5) is 0 Å². The van der Waals surface area contributed by atoms with Crippen molar-refractivity contribution in [2.75, 3.05) is 39.6 Å². The zero-order valence-electron chi connectivity index (χ0n) is 78.7. The smallest absolute Gasteiger partial charge is 0.381 e. The van der Waals surface area contributed by atoms with E-state index in [2.05, 4.69) is 249 Å². The summed E-state index contributed by atoms with van der Waals surface area (Å²) >= 11 is 0. The Hall–Kier alpha value is 1.34. The number of hydrogen-bond donors (Lipinski definition) is 0. The molecular formula is C94H192O9W5. The molecule has 0 aliphatic heterocycles. The third-order valence-electron chi connectivity index (χ3n) is 13.4. The van der Waals surface area contributed by atoms with Crippen molar-refractivity contribution in [3.05, 3.63) is 69.2 Å². The van der Waals surface area contributed by atoms with Crippen LogP contribution in [-0.2, 0) is 148 Å². The van der Waals surface area contributed by atoms with Crippen molar-refractivity contribution in [2.45, 2.75) is 427 Å². The van der Waals surface area contributed by atoms with Crippen LogP contribution in [0.1, 0.15) is 427 Å². The molecule has 0 atom stereocenters. The molecule has 0 aliphatic carbocycles. The Morgan fingerprint density at radius 2 is 0.444 bits per heavy atom. The van der Waals surface area contributed by atoms with E-state index in [0.717, 1.165) is 104 Å². The summed E-state index contributed by atoms with van der Waals surface area (Å²) in [4.78, 5) is 61.8. The van der Waals surface area contributed by atoms with Gasteiger partial charge in [-0.2, -0.15) is 51.4 Å². The van der Waals surface area contributed by atoms with E-state index in [-0.39, 0.29) is 128 Å². The Morgan fingerprint density at radius 3 is 0.574 bits per heavy atom. The van der Waals surface area contributed by atoms with Crippen LogP contribution < -0.4 is 0 Å². The van der Waals surface area contributed by atoms with E-state index in [9.17, 15) is 28.8 Å². The minimum Gasteiger partial charge on any atom is -0.381 e. The van der Waals surface area contributed by atoms with Crippen LogP contribution in [0.3, 0.4) is 0 Å². The molecule has 0 radical (unpaired) electrons. The maximum Gasteiger partial charge on any atom is 2.00 e. The number of carbonyl (C=O) groups is 6. The van der Waals surface area contributed by atoms with Gasteiger partial charge >= 0.3 is 105 Å². The van der Waals surface area contributed by atoms with Crippen molar-refractivity contribution in [1.29, 1.82) is 0 Å². The summed E-state index contributed by atoms with van der Waals surface area (Å²) < 4.78 is 16.3. The average molecular weight is 2390 g/mol. The maximum absolute atomic E-state index is 11.0. The van der Waals surface area contributed by atoms with Gasteiger partial charge in [-0.25, -0.2) is 0 Å². The molecule has 0 saturated carbocycles. The Balaban J connectivity index is -0.0000000514. The Labute approximate surface area is 755 Å². The molecule has 0 saturated heterocycles. The van der Waals surface area contributed by atoms with Crippen molar-refractivity contribution in [3.63, 3.8) is 0 Å². The van der Waals surface area contributed by atoms with Crippen LogP contribution in [0.5, 0.6) is 0 Å². The molecule has 652 valence electrons. The summed E-state index contributed by atoms with van der Waals surface area (Å²) in [5, 5.41) is 0. The van der Waals surface area contributed by atoms with Crippen LogP contribution >= 0.6 is 0 Å². The van der Waals surface area contributed by atoms with Gasteiger partial charge in [0.05, 0.1) is 12.4 Å². The van der Waals surface area contributed by atoms with Crippen LogP contribution in [0.25, 0.3) is 0 Å². The molecule has 108 heavy (non-hydrogen) atoms. The molecule has 9 nitrogen and oxygen atoms in total. The van der Waals surface area contributed by atoms with E-state index in [4.69, 9.17) is 14.2 Å². The molecule has 0 unspecified atom stereocenters. The van der Waals surface area contributed by atoms with Gasteiger partial charge in [0, 0.05) is 65.1 Å². The average Bonchev–Trinajstić information content (AvgIpc) is 1.03. The molecule has 0 aromatic carbocycles. The first-order chi connectivity index (χ1) is 46.8. The number of Topliss-reactive ketones (excluding diaryl/α,β-unsaturated/α-hetero) is 6. The normalized spacial score (nSPS) is 10.4. The van der Waals surface area contributed by atoms with Crippen molar-refractivity contribution in [3.8, 4) is 0 Å². The summed E-state index contributed by atoms with van der Waals surface area (Å²) in [6.45, 7) is 109. The summed E-state index contributed by atoms with van der Waals surface area (Å²) in [5.41, 5.74) is 3.70. The van der Waals surface area contributed by atoms with Gasteiger partial charge in [-0.1, -0.05) is 246 Å². The molecule has 0 aromatic heterocycles. The third kappa shape index (κ3) is 260. The first-order valence-electron chi connectivity index (χ1n) is 40.5. The number of hydrogen-bond acceptors (Lipinski definition) is 9. The molecule has 0 rings (SSSR count). The van der Waals surface area contributed by atoms with Crippen molar-refractivity contribution in [2.24, 2.45) is 43.3 Å². The quantitative estimate of drug-likeness (QED) is 0.0457. The molecule has 0 aromatic rings. The molecule has 0 spiro atoms. The number of ether oxygens (including phenoxy) is 3. The van der Waals surface area contributed by atoms with E-state index >= 15 is 0 Å². The van der Waals surface area contributed by atoms with Gasteiger partial charge in [-0.05, 0) is 128 Å². The van der Waals surface area contributed by atoms with Crippen LogP contribution in [0.15, 0.2) is 0 Å². The van der Waals surface area contributed by atoms with E-state index in [0.29, 0.717) is 119 Å². The summed E-state index contributed by atoms with van der Waals surface area (Å²) in [5.74, 6) is 1.46. The molecular weight excluding hydrogens is 2190 g/mol. The molecule has 14 heteroatoms. The van der Waals surface area contributed by atoms with E-state index < -0.39 is 0 Å². The Kier molecular flexibility index (Phi) is 151. The molecule has 0 N–H and O–H groups in total. The van der Waals surface area contributed by atoms with E-state index in [1.54, 1.807) is 13.8 Å². The minimum absolute atomic E-state index is 0. The number of unbranched alkanes of at least 4 members (excludes halogenated alkanes) is 2. The summed E-state index contributed by atoms with van der Waals surface area (Å²) in [6, 6.07) is 0. The van der Waals surface area contributed by atoms with Crippen molar-refractivity contribution >= 4 is 34.7 Å². The summed E-state index contributed by atoms with van der Waals surface area (Å²) in [7, 11) is 0. The second-order valence-electron chi connectivity index (χ2n) is 36.2. The Morgan fingerprint density at radius 1 is 0.231 bits per heavy atom. The molecule has 0 fully saturated rings.